The van der Waals surface area contributed by atoms with Crippen molar-refractivity contribution in [1.82, 2.24) is 0 Å². The first-order valence-electron chi connectivity index (χ1n) is 34.3. The van der Waals surface area contributed by atoms with Gasteiger partial charge in [-0.15, -0.1) is 0 Å². The average Bonchev–Trinajstić information content (AvgIpc) is 0.804. The highest BCUT2D eigenvalue weighted by Crippen LogP contribution is 2.41. The van der Waals surface area contributed by atoms with Gasteiger partial charge in [0, 0.05) is 89.7 Å². The van der Waals surface area contributed by atoms with Crippen LogP contribution in [0.5, 0.6) is 28.7 Å². The summed E-state index contributed by atoms with van der Waals surface area (Å²) < 4.78 is 240. The molecule has 10 aromatic carbocycles. The molecule has 0 amide bonds. The third-order valence-electron chi connectivity index (χ3n) is 18.3. The van der Waals surface area contributed by atoms with Crippen molar-refractivity contribution in [2.45, 2.75) is 117 Å². The molecule has 574 valence electrons. The number of halogens is 16. The molecule has 26 heteroatoms. The highest BCUT2D eigenvalue weighted by atomic mass is 19.4. The molecule has 10 nitrogen and oxygen atoms in total. The van der Waals surface area contributed by atoms with Gasteiger partial charge in [-0.05, 0) is 142 Å². The molecule has 15 rings (SSSR count). The van der Waals surface area contributed by atoms with E-state index in [1.807, 2.05) is 23.1 Å². The Morgan fingerprint density at radius 2 is 0.661 bits per heavy atom. The smallest absolute Gasteiger partial charge is 0.416 e. The summed E-state index contributed by atoms with van der Waals surface area (Å²) in [6, 6.07) is 39.8. The average molecular weight is 1530 g/mol. The van der Waals surface area contributed by atoms with Gasteiger partial charge in [0.2, 0.25) is 0 Å². The monoisotopic (exact) mass is 1530 g/mol. The molecule has 5 aliphatic heterocycles. The molecule has 0 spiro atoms. The van der Waals surface area contributed by atoms with Gasteiger partial charge < -0.3 is 48.2 Å². The Kier molecular flexibility index (Phi) is 23.3. The Morgan fingerprint density at radius 1 is 0.275 bits per heavy atom. The van der Waals surface area contributed by atoms with Crippen LogP contribution in [0.15, 0.2) is 170 Å². The molecule has 0 fully saturated rings. The maximum Gasteiger partial charge on any atom is 0.416 e. The van der Waals surface area contributed by atoms with Crippen LogP contribution in [0.4, 0.5) is 98.7 Å². The van der Waals surface area contributed by atoms with Crippen molar-refractivity contribution in [2.75, 3.05) is 58.2 Å². The largest absolute Gasteiger partial charge is 0.473 e. The lowest BCUT2D eigenvalue weighted by Crippen LogP contribution is -2.33. The molecule has 0 N–H and O–H groups in total. The Bertz CT molecular complexity index is 4840. The standard InChI is InChI=1S/3C18H19F2NO.C15H9F6NO.C14H9F4NO/c2*1-18(2,3)13-4-7-17-12(8-13)10-21(11-22-17)16-6-5-14(19)9-15(16)20;1-18(2,3)13-4-7-17-12(8-13)10-21(11-22-17)14-5-6-15(19)16(20)9-14;16-11-5-12-10(13(17)14(11)18)6-22(7-23-12)9-3-1-2-8(4-9)15(19,20)21;15-9-1-2-13-8(3-9)6-19(7-20-13)14-11(17)4-10(16)5-12(14)18/h3*4-9H,10-11H2,1-3H3;1-5H,6-7H2;1-5H,6-7H2. The Hall–Kier alpha value is -10.9. The SMILES string of the molecule is CC(C)(C)c1ccc2c(c1)CN(c1ccc(F)c(F)c1)CO2.CC(C)(C)c1ccc2c(c1)CN(c1ccc(F)cc1F)CO2.CC(C)(C)c1ccc2c(c1)CN(c1ccc(F)cc1F)CO2.Fc1cc(F)c(N2COc3ccc(F)cc3C2)c(F)c1.Fc1cc2c(c(F)c1F)CN(c1cccc(C(F)(F)F)c1)CO2. The highest BCUT2D eigenvalue weighted by molar-refractivity contribution is 5.57. The fourth-order valence-corrected chi connectivity index (χ4v) is 12.3. The molecule has 0 unspecified atom stereocenters. The van der Waals surface area contributed by atoms with E-state index < -0.39 is 87.4 Å². The number of benzene rings is 10. The molecular weight excluding hydrogens is 1450 g/mol. The molecule has 0 saturated heterocycles. The van der Waals surface area contributed by atoms with Gasteiger partial charge in [0.15, 0.2) is 74.4 Å². The summed E-state index contributed by atoms with van der Waals surface area (Å²) in [7, 11) is 0. The molecule has 0 saturated carbocycles. The van der Waals surface area contributed by atoms with Gasteiger partial charge in [-0.3, -0.25) is 0 Å². The van der Waals surface area contributed by atoms with Gasteiger partial charge in [-0.1, -0.05) is 86.6 Å². The number of ether oxygens (including phenoxy) is 5. The first kappa shape index (κ1) is 79.1. The van der Waals surface area contributed by atoms with Gasteiger partial charge in [0.1, 0.15) is 69.3 Å². The molecule has 109 heavy (non-hydrogen) atoms. The zero-order valence-electron chi connectivity index (χ0n) is 60.6. The van der Waals surface area contributed by atoms with Crippen LogP contribution in [0.3, 0.4) is 0 Å². The fourth-order valence-electron chi connectivity index (χ4n) is 12.3. The zero-order chi connectivity index (χ0) is 78.8. The van der Waals surface area contributed by atoms with E-state index in [-0.39, 0.29) is 78.9 Å². The van der Waals surface area contributed by atoms with E-state index in [1.54, 1.807) is 15.9 Å². The van der Waals surface area contributed by atoms with E-state index in [4.69, 9.17) is 23.7 Å². The van der Waals surface area contributed by atoms with Crippen LogP contribution in [-0.4, -0.2) is 33.7 Å². The van der Waals surface area contributed by atoms with Crippen LogP contribution < -0.4 is 48.2 Å². The van der Waals surface area contributed by atoms with Crippen LogP contribution in [0.2, 0.25) is 0 Å². The van der Waals surface area contributed by atoms with Crippen molar-refractivity contribution < 1.29 is 93.9 Å². The summed E-state index contributed by atoms with van der Waals surface area (Å²) in [6.07, 6.45) is -4.52. The van der Waals surface area contributed by atoms with Gasteiger partial charge in [-0.25, -0.2) is 57.1 Å². The first-order chi connectivity index (χ1) is 51.3. The fraction of sp³-hybridized carbons (Fsp3) is 0.277. The molecule has 0 aromatic heterocycles. The normalized spacial score (nSPS) is 14.4. The second-order valence-electron chi connectivity index (χ2n) is 29.3. The predicted molar refractivity (Wildman–Crippen MR) is 383 cm³/mol. The second kappa shape index (κ2) is 32.1. The molecule has 0 bridgehead atoms. The minimum atomic E-state index is -4.52. The third kappa shape index (κ3) is 19.0. The lowest BCUT2D eigenvalue weighted by molar-refractivity contribution is -0.137. The van der Waals surface area contributed by atoms with Gasteiger partial charge >= 0.3 is 6.18 Å². The van der Waals surface area contributed by atoms with E-state index in [9.17, 15) is 70.2 Å². The summed E-state index contributed by atoms with van der Waals surface area (Å²) >= 11 is 0. The summed E-state index contributed by atoms with van der Waals surface area (Å²) in [5.74, 6) is -9.09. The number of hydrogen-bond donors (Lipinski definition) is 0. The maximum atomic E-state index is 13.9. The zero-order valence-corrected chi connectivity index (χ0v) is 60.6. The Morgan fingerprint density at radius 3 is 1.12 bits per heavy atom. The van der Waals surface area contributed by atoms with Gasteiger partial charge in [-0.2, -0.15) is 13.2 Å². The Labute approximate surface area is 619 Å². The van der Waals surface area contributed by atoms with E-state index in [2.05, 4.69) is 98.7 Å². The quantitative estimate of drug-likeness (QED) is 0.123. The van der Waals surface area contributed by atoms with Crippen molar-refractivity contribution in [1.29, 1.82) is 0 Å². The molecular formula is C83H75F16N5O5. The summed E-state index contributed by atoms with van der Waals surface area (Å²) in [4.78, 5) is 7.95. The van der Waals surface area contributed by atoms with Crippen molar-refractivity contribution in [3.05, 3.63) is 296 Å². The molecule has 0 atom stereocenters. The summed E-state index contributed by atoms with van der Waals surface area (Å²) in [5.41, 5.74) is 7.29. The van der Waals surface area contributed by atoms with Crippen LogP contribution in [0.25, 0.3) is 0 Å². The number of alkyl halides is 3. The van der Waals surface area contributed by atoms with Crippen molar-refractivity contribution in [3.63, 3.8) is 0 Å². The molecule has 5 heterocycles. The summed E-state index contributed by atoms with van der Waals surface area (Å²) in [5, 5.41) is 0. The van der Waals surface area contributed by atoms with Gasteiger partial charge in [0.05, 0.1) is 35.6 Å². The van der Waals surface area contributed by atoms with E-state index in [1.165, 1.54) is 87.2 Å². The number of hydrogen-bond acceptors (Lipinski definition) is 10. The number of anilines is 5. The van der Waals surface area contributed by atoms with E-state index >= 15 is 0 Å². The van der Waals surface area contributed by atoms with Crippen LogP contribution >= 0.6 is 0 Å². The summed E-state index contributed by atoms with van der Waals surface area (Å²) in [6.45, 7) is 21.4. The lowest BCUT2D eigenvalue weighted by atomic mass is 9.86. The lowest BCUT2D eigenvalue weighted by Gasteiger charge is -2.32. The van der Waals surface area contributed by atoms with E-state index in [0.29, 0.717) is 66.9 Å². The predicted octanol–water partition coefficient (Wildman–Crippen LogP) is 21.9. The topological polar surface area (TPSA) is 62.3 Å². The van der Waals surface area contributed by atoms with Crippen LogP contribution in [0, 0.1) is 75.6 Å². The minimum absolute atomic E-state index is 0.0401. The van der Waals surface area contributed by atoms with Crippen LogP contribution in [0.1, 0.15) is 112 Å². The molecule has 5 aliphatic rings. The second-order valence-corrected chi connectivity index (χ2v) is 29.3. The van der Waals surface area contributed by atoms with E-state index in [0.717, 1.165) is 70.3 Å². The Balaban J connectivity index is 0.000000135. The van der Waals surface area contributed by atoms with Crippen molar-refractivity contribution >= 4 is 28.4 Å². The number of rotatable bonds is 5. The maximum absolute atomic E-state index is 13.9. The molecule has 0 aliphatic carbocycles. The highest BCUT2D eigenvalue weighted by Gasteiger charge is 2.34. The number of fused-ring (bicyclic) bond motifs is 5. The van der Waals surface area contributed by atoms with Gasteiger partial charge in [0.25, 0.3) is 0 Å². The van der Waals surface area contributed by atoms with Crippen molar-refractivity contribution in [2.24, 2.45) is 0 Å². The number of nitrogens with zero attached hydrogens (tertiary/aromatic N) is 5. The third-order valence-corrected chi connectivity index (χ3v) is 18.3. The molecule has 10 aromatic rings. The molecule has 0 radical (unpaired) electrons. The van der Waals surface area contributed by atoms with Crippen molar-refractivity contribution in [3.8, 4) is 28.7 Å². The minimum Gasteiger partial charge on any atom is -0.473 e. The first-order valence-corrected chi connectivity index (χ1v) is 34.3. The van der Waals surface area contributed by atoms with Crippen LogP contribution in [-0.2, 0) is 55.1 Å².